The average Bonchev–Trinajstić information content (AvgIpc) is 3.09. The molecule has 3 aromatic carbocycles. The van der Waals surface area contributed by atoms with E-state index in [1.165, 1.54) is 0 Å². The number of fused-ring (bicyclic) bond motifs is 2. The summed E-state index contributed by atoms with van der Waals surface area (Å²) in [4.78, 5) is 13.7. The lowest BCUT2D eigenvalue weighted by Crippen LogP contribution is -2.09. The van der Waals surface area contributed by atoms with Crippen LogP contribution in [0.15, 0.2) is 69.9 Å². The molecule has 2 heterocycles. The Morgan fingerprint density at radius 2 is 1.74 bits per heavy atom. The van der Waals surface area contributed by atoms with E-state index in [9.17, 15) is 4.79 Å². The third-order valence-corrected chi connectivity index (χ3v) is 6.04. The third-order valence-electron chi connectivity index (χ3n) is 6.04. The van der Waals surface area contributed by atoms with Gasteiger partial charge in [-0.2, -0.15) is 0 Å². The maximum atomic E-state index is 13.7. The van der Waals surface area contributed by atoms with Crippen LogP contribution in [0.1, 0.15) is 36.7 Å². The number of hydrogen-bond donors (Lipinski definition) is 0. The van der Waals surface area contributed by atoms with Gasteiger partial charge in [-0.1, -0.05) is 49.7 Å². The van der Waals surface area contributed by atoms with E-state index in [0.717, 1.165) is 41.7 Å². The Morgan fingerprint density at radius 1 is 0.941 bits per heavy atom. The molecular formula is C29H28O5. The molecule has 0 fully saturated rings. The van der Waals surface area contributed by atoms with Crippen molar-refractivity contribution in [3.05, 3.63) is 87.8 Å². The maximum Gasteiger partial charge on any atom is 0.200 e. The second-order valence-corrected chi connectivity index (χ2v) is 8.55. The molecule has 0 aliphatic carbocycles. The monoisotopic (exact) mass is 456 g/mol. The second-order valence-electron chi connectivity index (χ2n) is 8.55. The van der Waals surface area contributed by atoms with Gasteiger partial charge in [-0.05, 0) is 48.2 Å². The molecule has 4 aromatic rings. The Bertz CT molecular complexity index is 1370. The van der Waals surface area contributed by atoms with Gasteiger partial charge < -0.3 is 18.6 Å². The van der Waals surface area contributed by atoms with Crippen molar-refractivity contribution < 1.29 is 18.6 Å². The van der Waals surface area contributed by atoms with Crippen LogP contribution in [0.5, 0.6) is 17.2 Å². The van der Waals surface area contributed by atoms with E-state index in [-0.39, 0.29) is 5.43 Å². The van der Waals surface area contributed by atoms with Gasteiger partial charge in [0.2, 0.25) is 5.43 Å². The predicted molar refractivity (Wildman–Crippen MR) is 133 cm³/mol. The minimum atomic E-state index is -0.0554. The average molecular weight is 457 g/mol. The minimum Gasteiger partial charge on any atom is -0.490 e. The molecule has 34 heavy (non-hydrogen) atoms. The fourth-order valence-corrected chi connectivity index (χ4v) is 4.37. The molecule has 1 aliphatic rings. The summed E-state index contributed by atoms with van der Waals surface area (Å²) in [5, 5.41) is 0.559. The van der Waals surface area contributed by atoms with Gasteiger partial charge in [0.25, 0.3) is 0 Å². The molecule has 0 unspecified atom stereocenters. The van der Waals surface area contributed by atoms with E-state index in [1.807, 2.05) is 67.6 Å². The van der Waals surface area contributed by atoms with Crippen molar-refractivity contribution in [2.75, 3.05) is 13.2 Å². The first-order valence-electron chi connectivity index (χ1n) is 11.8. The largest absolute Gasteiger partial charge is 0.490 e. The van der Waals surface area contributed by atoms with Crippen LogP contribution in [0.25, 0.3) is 22.1 Å². The number of ether oxygens (including phenoxy) is 3. The first kappa shape index (κ1) is 22.1. The summed E-state index contributed by atoms with van der Waals surface area (Å²) in [6.45, 7) is 5.61. The molecule has 0 N–H and O–H groups in total. The molecule has 0 spiro atoms. The molecular weight excluding hydrogens is 428 g/mol. The number of rotatable bonds is 6. The lowest BCUT2D eigenvalue weighted by molar-refractivity contribution is 0.297. The van der Waals surface area contributed by atoms with Crippen molar-refractivity contribution in [3.63, 3.8) is 0 Å². The highest BCUT2D eigenvalue weighted by atomic mass is 16.5. The molecule has 0 atom stereocenters. The van der Waals surface area contributed by atoms with Gasteiger partial charge in [-0.3, -0.25) is 4.79 Å². The summed E-state index contributed by atoms with van der Waals surface area (Å²) >= 11 is 0. The first-order valence-corrected chi connectivity index (χ1v) is 11.8. The summed E-state index contributed by atoms with van der Waals surface area (Å²) < 4.78 is 23.9. The molecule has 0 saturated carbocycles. The molecule has 1 aliphatic heterocycles. The lowest BCUT2D eigenvalue weighted by Gasteiger charge is -2.14. The molecule has 5 rings (SSSR count). The van der Waals surface area contributed by atoms with Crippen LogP contribution in [-0.2, 0) is 13.0 Å². The second kappa shape index (κ2) is 9.64. The maximum absolute atomic E-state index is 13.7. The molecule has 174 valence electrons. The summed E-state index contributed by atoms with van der Waals surface area (Å²) in [7, 11) is 0. The van der Waals surface area contributed by atoms with Gasteiger partial charge in [-0.25, -0.2) is 0 Å². The van der Waals surface area contributed by atoms with Gasteiger partial charge in [0.05, 0.1) is 24.2 Å². The fourth-order valence-electron chi connectivity index (χ4n) is 4.37. The highest BCUT2D eigenvalue weighted by Crippen LogP contribution is 2.36. The number of benzene rings is 3. The van der Waals surface area contributed by atoms with Crippen molar-refractivity contribution in [3.8, 4) is 28.4 Å². The fraction of sp³-hybridized carbons (Fsp3) is 0.276. The quantitative estimate of drug-likeness (QED) is 0.333. The topological polar surface area (TPSA) is 57.9 Å². The molecule has 0 radical (unpaired) electrons. The van der Waals surface area contributed by atoms with E-state index in [0.29, 0.717) is 53.6 Å². The Kier molecular flexibility index (Phi) is 6.26. The van der Waals surface area contributed by atoms with E-state index >= 15 is 0 Å². The van der Waals surface area contributed by atoms with Gasteiger partial charge in [0.1, 0.15) is 23.7 Å². The minimum absolute atomic E-state index is 0.0554. The number of aryl methyl sites for hydroxylation is 2. The zero-order valence-electron chi connectivity index (χ0n) is 19.6. The molecule has 0 amide bonds. The predicted octanol–water partition coefficient (Wildman–Crippen LogP) is 6.46. The standard InChI is InChI=1S/C29H28O5/c1-3-8-21-15-23-26(17-25(21)33-18-20-9-5-4-6-10-20)34-19(2)28(29(23)30)22-11-12-24-27(16-22)32-14-7-13-31-24/h4-6,9-12,15-17H,3,7-8,13-14,18H2,1-2H3. The van der Waals surface area contributed by atoms with Crippen LogP contribution in [0.2, 0.25) is 0 Å². The normalized spacial score (nSPS) is 13.0. The molecule has 0 saturated heterocycles. The van der Waals surface area contributed by atoms with E-state index in [4.69, 9.17) is 18.6 Å². The zero-order valence-corrected chi connectivity index (χ0v) is 19.6. The molecule has 1 aromatic heterocycles. The van der Waals surface area contributed by atoms with Crippen molar-refractivity contribution in [2.45, 2.75) is 39.7 Å². The van der Waals surface area contributed by atoms with E-state index < -0.39 is 0 Å². The van der Waals surface area contributed by atoms with E-state index in [1.54, 1.807) is 0 Å². The van der Waals surface area contributed by atoms with Crippen molar-refractivity contribution in [1.29, 1.82) is 0 Å². The van der Waals surface area contributed by atoms with Gasteiger partial charge in [0.15, 0.2) is 11.5 Å². The molecule has 5 nitrogen and oxygen atoms in total. The van der Waals surface area contributed by atoms with Crippen LogP contribution in [0.4, 0.5) is 0 Å². The number of hydrogen-bond acceptors (Lipinski definition) is 5. The Hall–Kier alpha value is -3.73. The summed E-state index contributed by atoms with van der Waals surface area (Å²) in [6.07, 6.45) is 2.59. The third kappa shape index (κ3) is 4.38. The van der Waals surface area contributed by atoms with Crippen molar-refractivity contribution >= 4 is 11.0 Å². The van der Waals surface area contributed by atoms with Crippen LogP contribution >= 0.6 is 0 Å². The summed E-state index contributed by atoms with van der Waals surface area (Å²) in [6, 6.07) is 19.5. The van der Waals surface area contributed by atoms with Crippen LogP contribution in [-0.4, -0.2) is 13.2 Å². The highest BCUT2D eigenvalue weighted by Gasteiger charge is 2.19. The Balaban J connectivity index is 1.57. The lowest BCUT2D eigenvalue weighted by atomic mass is 10.00. The smallest absolute Gasteiger partial charge is 0.200 e. The van der Waals surface area contributed by atoms with Crippen LogP contribution in [0, 0.1) is 6.92 Å². The first-order chi connectivity index (χ1) is 16.6. The summed E-state index contributed by atoms with van der Waals surface area (Å²) in [5.41, 5.74) is 3.88. The van der Waals surface area contributed by atoms with Gasteiger partial charge >= 0.3 is 0 Å². The highest BCUT2D eigenvalue weighted by molar-refractivity contribution is 5.85. The SMILES string of the molecule is CCCc1cc2c(=O)c(-c3ccc4c(c3)OCCCO4)c(C)oc2cc1OCc1ccccc1. The molecule has 5 heteroatoms. The van der Waals surface area contributed by atoms with Crippen molar-refractivity contribution in [2.24, 2.45) is 0 Å². The van der Waals surface area contributed by atoms with Crippen LogP contribution in [0.3, 0.4) is 0 Å². The van der Waals surface area contributed by atoms with E-state index in [2.05, 4.69) is 6.92 Å². The molecule has 0 bridgehead atoms. The van der Waals surface area contributed by atoms with Gasteiger partial charge in [0, 0.05) is 12.5 Å². The summed E-state index contributed by atoms with van der Waals surface area (Å²) in [5.74, 6) is 2.67. The Labute approximate surface area is 198 Å². The zero-order chi connectivity index (χ0) is 23.5. The Morgan fingerprint density at radius 3 is 2.53 bits per heavy atom. The van der Waals surface area contributed by atoms with Gasteiger partial charge in [-0.15, -0.1) is 0 Å². The van der Waals surface area contributed by atoms with Crippen LogP contribution < -0.4 is 19.6 Å². The van der Waals surface area contributed by atoms with Crippen molar-refractivity contribution in [1.82, 2.24) is 0 Å².